The van der Waals surface area contributed by atoms with Crippen molar-refractivity contribution >= 4 is 0 Å². The Labute approximate surface area is 55.5 Å². The summed E-state index contributed by atoms with van der Waals surface area (Å²) in [5.41, 5.74) is 9.04. The highest BCUT2D eigenvalue weighted by Crippen LogP contribution is 2.01. The van der Waals surface area contributed by atoms with Gasteiger partial charge in [-0.1, -0.05) is 24.3 Å². The minimum Gasteiger partial charge on any atom is -0.253 e. The number of nitrogens with one attached hydrogen (secondary N) is 1. The number of rotatable bonds is 1. The molecule has 1 aromatic carbocycles. The fraction of sp³-hybridized carbons (Fsp3) is 0.125. The summed E-state index contributed by atoms with van der Waals surface area (Å²) in [6.45, 7) is 4.10. The fourth-order valence-corrected chi connectivity index (χ4v) is 0.657. The third kappa shape index (κ3) is 1.54. The summed E-state index contributed by atoms with van der Waals surface area (Å²) < 4.78 is 0. The molecule has 0 saturated heterocycles. The Hall–Kier alpha value is -0.820. The second-order valence-corrected chi connectivity index (χ2v) is 1.99. The van der Waals surface area contributed by atoms with E-state index < -0.39 is 0 Å². The SMILES string of the molecule is [CH2]c1ccc(C[NH])cc1. The molecule has 2 radical (unpaired) electrons. The van der Waals surface area contributed by atoms with Gasteiger partial charge < -0.3 is 0 Å². The standard InChI is InChI=1S/C8H9N/c1-7-2-4-8(6-9)5-3-7/h2-5,9H,1,6H2. The van der Waals surface area contributed by atoms with Gasteiger partial charge in [0, 0.05) is 6.54 Å². The Balaban J connectivity index is 2.88. The molecular weight excluding hydrogens is 110 g/mol. The molecule has 1 N–H and O–H groups in total. The summed E-state index contributed by atoms with van der Waals surface area (Å²) in [4.78, 5) is 0. The van der Waals surface area contributed by atoms with Crippen LogP contribution in [0.15, 0.2) is 24.3 Å². The molecule has 1 aromatic rings. The highest BCUT2D eigenvalue weighted by molar-refractivity contribution is 5.23. The average Bonchev–Trinajstić information content (AvgIpc) is 1.90. The maximum absolute atomic E-state index is 6.99. The Morgan fingerprint density at radius 1 is 1.22 bits per heavy atom. The molecule has 0 bridgehead atoms. The molecule has 46 valence electrons. The lowest BCUT2D eigenvalue weighted by atomic mass is 10.2. The Morgan fingerprint density at radius 3 is 2.22 bits per heavy atom. The Morgan fingerprint density at radius 2 is 1.78 bits per heavy atom. The fourth-order valence-electron chi connectivity index (χ4n) is 0.657. The van der Waals surface area contributed by atoms with Gasteiger partial charge in [0.25, 0.3) is 0 Å². The lowest BCUT2D eigenvalue weighted by Gasteiger charge is -1.93. The Kier molecular flexibility index (Phi) is 1.85. The van der Waals surface area contributed by atoms with Crippen molar-refractivity contribution in [1.82, 2.24) is 5.73 Å². The van der Waals surface area contributed by atoms with Crippen molar-refractivity contribution in [2.75, 3.05) is 0 Å². The third-order valence-corrected chi connectivity index (χ3v) is 1.23. The number of benzene rings is 1. The molecule has 0 unspecified atom stereocenters. The normalized spacial score (nSPS) is 9.56. The molecule has 0 aliphatic carbocycles. The summed E-state index contributed by atoms with van der Waals surface area (Å²) in [5.74, 6) is 0. The molecule has 1 rings (SSSR count). The van der Waals surface area contributed by atoms with Gasteiger partial charge in [0.05, 0.1) is 0 Å². The molecule has 9 heavy (non-hydrogen) atoms. The predicted molar refractivity (Wildman–Crippen MR) is 37.7 cm³/mol. The van der Waals surface area contributed by atoms with Crippen LogP contribution in [0.1, 0.15) is 11.1 Å². The first-order chi connectivity index (χ1) is 4.33. The van der Waals surface area contributed by atoms with Crippen molar-refractivity contribution in [2.24, 2.45) is 0 Å². The highest BCUT2D eigenvalue weighted by Gasteiger charge is 1.85. The van der Waals surface area contributed by atoms with E-state index in [2.05, 4.69) is 6.92 Å². The van der Waals surface area contributed by atoms with E-state index in [1.807, 2.05) is 24.3 Å². The van der Waals surface area contributed by atoms with Gasteiger partial charge in [0.2, 0.25) is 0 Å². The van der Waals surface area contributed by atoms with Crippen molar-refractivity contribution < 1.29 is 0 Å². The molecule has 0 heterocycles. The topological polar surface area (TPSA) is 23.8 Å². The zero-order chi connectivity index (χ0) is 6.69. The van der Waals surface area contributed by atoms with E-state index in [1.165, 1.54) is 0 Å². The molecule has 0 aromatic heterocycles. The van der Waals surface area contributed by atoms with Crippen molar-refractivity contribution in [3.63, 3.8) is 0 Å². The van der Waals surface area contributed by atoms with E-state index in [9.17, 15) is 0 Å². The summed E-state index contributed by atoms with van der Waals surface area (Å²) in [7, 11) is 0. The maximum atomic E-state index is 6.99. The molecular formula is C8H9N. The summed E-state index contributed by atoms with van der Waals surface area (Å²) in [6.07, 6.45) is 0. The lowest BCUT2D eigenvalue weighted by Crippen LogP contribution is -1.82. The first-order valence-electron chi connectivity index (χ1n) is 2.88. The predicted octanol–water partition coefficient (Wildman–Crippen LogP) is 1.65. The van der Waals surface area contributed by atoms with Crippen molar-refractivity contribution in [3.8, 4) is 0 Å². The van der Waals surface area contributed by atoms with Crippen molar-refractivity contribution in [1.29, 1.82) is 0 Å². The quantitative estimate of drug-likeness (QED) is 0.536. The lowest BCUT2D eigenvalue weighted by molar-refractivity contribution is 1.03. The molecule has 0 amide bonds. The first kappa shape index (κ1) is 6.30. The molecule has 0 atom stereocenters. The summed E-state index contributed by atoms with van der Waals surface area (Å²) in [6, 6.07) is 7.69. The van der Waals surface area contributed by atoms with E-state index in [1.54, 1.807) is 0 Å². The van der Waals surface area contributed by atoms with Crippen LogP contribution in [-0.2, 0) is 6.54 Å². The van der Waals surface area contributed by atoms with Gasteiger partial charge in [-0.25, -0.2) is 0 Å². The van der Waals surface area contributed by atoms with E-state index >= 15 is 0 Å². The van der Waals surface area contributed by atoms with Crippen LogP contribution in [0.5, 0.6) is 0 Å². The van der Waals surface area contributed by atoms with Gasteiger partial charge in [-0.05, 0) is 18.1 Å². The van der Waals surface area contributed by atoms with Gasteiger partial charge in [0.15, 0.2) is 0 Å². The maximum Gasteiger partial charge on any atom is 0.0351 e. The van der Waals surface area contributed by atoms with E-state index in [-0.39, 0.29) is 0 Å². The first-order valence-corrected chi connectivity index (χ1v) is 2.88. The van der Waals surface area contributed by atoms with Crippen LogP contribution in [-0.4, -0.2) is 0 Å². The second-order valence-electron chi connectivity index (χ2n) is 1.99. The molecule has 0 fully saturated rings. The second kappa shape index (κ2) is 2.65. The van der Waals surface area contributed by atoms with Crippen LogP contribution < -0.4 is 5.73 Å². The van der Waals surface area contributed by atoms with Crippen LogP contribution in [0.2, 0.25) is 0 Å². The molecule has 1 nitrogen and oxygen atoms in total. The van der Waals surface area contributed by atoms with Crippen LogP contribution >= 0.6 is 0 Å². The average molecular weight is 119 g/mol. The minimum atomic E-state index is 0.361. The van der Waals surface area contributed by atoms with Crippen LogP contribution in [0, 0.1) is 6.92 Å². The van der Waals surface area contributed by atoms with Crippen LogP contribution in [0.3, 0.4) is 0 Å². The van der Waals surface area contributed by atoms with Crippen molar-refractivity contribution in [2.45, 2.75) is 6.54 Å². The van der Waals surface area contributed by atoms with Gasteiger partial charge in [-0.15, -0.1) is 0 Å². The molecule has 0 aliphatic heterocycles. The zero-order valence-electron chi connectivity index (χ0n) is 5.22. The molecule has 1 heteroatoms. The van der Waals surface area contributed by atoms with Gasteiger partial charge in [-0.2, -0.15) is 0 Å². The third-order valence-electron chi connectivity index (χ3n) is 1.23. The van der Waals surface area contributed by atoms with E-state index in [0.29, 0.717) is 6.54 Å². The van der Waals surface area contributed by atoms with E-state index in [0.717, 1.165) is 11.1 Å². The Bertz CT molecular complexity index is 176. The minimum absolute atomic E-state index is 0.361. The summed E-state index contributed by atoms with van der Waals surface area (Å²) in [5, 5.41) is 0. The van der Waals surface area contributed by atoms with Gasteiger partial charge in [0.1, 0.15) is 0 Å². The van der Waals surface area contributed by atoms with Crippen LogP contribution in [0.4, 0.5) is 0 Å². The van der Waals surface area contributed by atoms with Gasteiger partial charge >= 0.3 is 0 Å². The smallest absolute Gasteiger partial charge is 0.0351 e. The van der Waals surface area contributed by atoms with Gasteiger partial charge in [-0.3, -0.25) is 5.73 Å². The molecule has 0 aliphatic rings. The number of hydrogen-bond donors (Lipinski definition) is 0. The van der Waals surface area contributed by atoms with Crippen molar-refractivity contribution in [3.05, 3.63) is 42.3 Å². The van der Waals surface area contributed by atoms with E-state index in [4.69, 9.17) is 5.73 Å². The summed E-state index contributed by atoms with van der Waals surface area (Å²) >= 11 is 0. The highest BCUT2D eigenvalue weighted by atomic mass is 14.5. The monoisotopic (exact) mass is 119 g/mol. The molecule has 0 spiro atoms. The molecule has 0 saturated carbocycles. The zero-order valence-corrected chi connectivity index (χ0v) is 5.22. The number of hydrogen-bond acceptors (Lipinski definition) is 0. The van der Waals surface area contributed by atoms with Crippen LogP contribution in [0.25, 0.3) is 0 Å². The largest absolute Gasteiger partial charge is 0.253 e.